The van der Waals surface area contributed by atoms with Gasteiger partial charge in [0.15, 0.2) is 0 Å². The SMILES string of the molecule is Cc1cc(Cl)cc(C2(N=C=O)CCC2)c1C. The van der Waals surface area contributed by atoms with Crippen LogP contribution in [0.3, 0.4) is 0 Å². The number of nitrogens with zero attached hydrogens (tertiary/aromatic N) is 1. The molecule has 1 aromatic carbocycles. The van der Waals surface area contributed by atoms with E-state index in [2.05, 4.69) is 11.9 Å². The molecule has 16 heavy (non-hydrogen) atoms. The Kier molecular flexibility index (Phi) is 2.88. The molecule has 2 rings (SSSR count). The van der Waals surface area contributed by atoms with Crippen LogP contribution < -0.4 is 0 Å². The maximum atomic E-state index is 10.5. The molecule has 2 nitrogen and oxygen atoms in total. The fraction of sp³-hybridized carbons (Fsp3) is 0.462. The Hall–Kier alpha value is -1.11. The van der Waals surface area contributed by atoms with Crippen molar-refractivity contribution in [1.82, 2.24) is 0 Å². The zero-order chi connectivity index (χ0) is 11.8. The van der Waals surface area contributed by atoms with Gasteiger partial charge in [-0.05, 0) is 61.9 Å². The van der Waals surface area contributed by atoms with Crippen LogP contribution in [0.4, 0.5) is 0 Å². The largest absolute Gasteiger partial charge is 0.235 e. The summed E-state index contributed by atoms with van der Waals surface area (Å²) < 4.78 is 0. The van der Waals surface area contributed by atoms with Gasteiger partial charge < -0.3 is 0 Å². The molecule has 0 saturated heterocycles. The second kappa shape index (κ2) is 4.04. The normalized spacial score (nSPS) is 17.4. The highest BCUT2D eigenvalue weighted by molar-refractivity contribution is 6.30. The van der Waals surface area contributed by atoms with Crippen molar-refractivity contribution < 1.29 is 4.79 Å². The minimum absolute atomic E-state index is 0.346. The van der Waals surface area contributed by atoms with Crippen molar-refractivity contribution in [2.75, 3.05) is 0 Å². The highest BCUT2D eigenvalue weighted by Gasteiger charge is 2.40. The summed E-state index contributed by atoms with van der Waals surface area (Å²) >= 11 is 6.07. The molecule has 1 fully saturated rings. The topological polar surface area (TPSA) is 29.4 Å². The van der Waals surface area contributed by atoms with Crippen LogP contribution in [0.15, 0.2) is 17.1 Å². The summed E-state index contributed by atoms with van der Waals surface area (Å²) in [6.45, 7) is 4.09. The first-order chi connectivity index (χ1) is 7.59. The molecule has 0 unspecified atom stereocenters. The number of hydrogen-bond donors (Lipinski definition) is 0. The molecule has 0 amide bonds. The van der Waals surface area contributed by atoms with Crippen LogP contribution in [-0.2, 0) is 10.3 Å². The van der Waals surface area contributed by atoms with Gasteiger partial charge in [-0.15, -0.1) is 0 Å². The number of benzene rings is 1. The highest BCUT2D eigenvalue weighted by Crippen LogP contribution is 2.46. The van der Waals surface area contributed by atoms with E-state index in [0.717, 1.165) is 30.4 Å². The third kappa shape index (κ3) is 1.68. The van der Waals surface area contributed by atoms with E-state index in [1.165, 1.54) is 5.56 Å². The Morgan fingerprint density at radius 2 is 2.06 bits per heavy atom. The Bertz CT molecular complexity index is 471. The zero-order valence-electron chi connectivity index (χ0n) is 9.51. The van der Waals surface area contributed by atoms with E-state index in [1.54, 1.807) is 6.08 Å². The Balaban J connectivity index is 2.58. The summed E-state index contributed by atoms with van der Waals surface area (Å²) in [4.78, 5) is 14.6. The lowest BCUT2D eigenvalue weighted by Crippen LogP contribution is -2.32. The van der Waals surface area contributed by atoms with E-state index in [-0.39, 0.29) is 5.54 Å². The fourth-order valence-electron chi connectivity index (χ4n) is 2.34. The minimum Gasteiger partial charge on any atom is -0.211 e. The quantitative estimate of drug-likeness (QED) is 0.568. The molecule has 1 saturated carbocycles. The van der Waals surface area contributed by atoms with Crippen LogP contribution >= 0.6 is 11.6 Å². The van der Waals surface area contributed by atoms with Gasteiger partial charge in [-0.1, -0.05) is 11.6 Å². The number of aryl methyl sites for hydroxylation is 1. The van der Waals surface area contributed by atoms with Crippen molar-refractivity contribution in [2.24, 2.45) is 4.99 Å². The second-order valence-electron chi connectivity index (χ2n) is 4.48. The summed E-state index contributed by atoms with van der Waals surface area (Å²) in [5.74, 6) is 0. The zero-order valence-corrected chi connectivity index (χ0v) is 10.3. The van der Waals surface area contributed by atoms with Crippen molar-refractivity contribution in [3.05, 3.63) is 33.8 Å². The molecule has 0 aromatic heterocycles. The molecule has 0 aliphatic heterocycles. The van der Waals surface area contributed by atoms with Crippen molar-refractivity contribution in [3.63, 3.8) is 0 Å². The van der Waals surface area contributed by atoms with Crippen LogP contribution in [0.1, 0.15) is 36.0 Å². The number of isocyanates is 1. The van der Waals surface area contributed by atoms with Gasteiger partial charge in [0, 0.05) is 5.02 Å². The van der Waals surface area contributed by atoms with Gasteiger partial charge in [0.25, 0.3) is 0 Å². The van der Waals surface area contributed by atoms with Gasteiger partial charge in [0.05, 0.1) is 5.54 Å². The fourth-order valence-corrected chi connectivity index (χ4v) is 2.61. The van der Waals surface area contributed by atoms with Crippen molar-refractivity contribution in [2.45, 2.75) is 38.6 Å². The Labute approximate surface area is 100 Å². The molecule has 0 heterocycles. The lowest BCUT2D eigenvalue weighted by molar-refractivity contribution is 0.254. The van der Waals surface area contributed by atoms with Crippen LogP contribution in [-0.4, -0.2) is 6.08 Å². The number of hydrogen-bond acceptors (Lipinski definition) is 2. The molecular weight excluding hydrogens is 222 g/mol. The van der Waals surface area contributed by atoms with Crippen molar-refractivity contribution in [3.8, 4) is 0 Å². The van der Waals surface area contributed by atoms with Gasteiger partial charge >= 0.3 is 0 Å². The smallest absolute Gasteiger partial charge is 0.211 e. The van der Waals surface area contributed by atoms with E-state index in [4.69, 9.17) is 11.6 Å². The average molecular weight is 236 g/mol. The van der Waals surface area contributed by atoms with Crippen molar-refractivity contribution >= 4 is 17.7 Å². The summed E-state index contributed by atoms with van der Waals surface area (Å²) in [6, 6.07) is 3.88. The molecule has 84 valence electrons. The van der Waals surface area contributed by atoms with E-state index >= 15 is 0 Å². The molecule has 1 aliphatic rings. The predicted octanol–water partition coefficient (Wildman–Crippen LogP) is 3.67. The Morgan fingerprint density at radius 3 is 2.56 bits per heavy atom. The number of rotatable bonds is 2. The molecule has 1 aromatic rings. The van der Waals surface area contributed by atoms with Gasteiger partial charge in [0.2, 0.25) is 6.08 Å². The third-order valence-electron chi connectivity index (χ3n) is 3.57. The van der Waals surface area contributed by atoms with E-state index in [9.17, 15) is 4.79 Å². The van der Waals surface area contributed by atoms with Crippen molar-refractivity contribution in [1.29, 1.82) is 0 Å². The van der Waals surface area contributed by atoms with Crippen LogP contribution in [0.2, 0.25) is 5.02 Å². The molecule has 0 radical (unpaired) electrons. The summed E-state index contributed by atoms with van der Waals surface area (Å²) in [7, 11) is 0. The molecule has 0 N–H and O–H groups in total. The average Bonchev–Trinajstić information content (AvgIpc) is 2.17. The lowest BCUT2D eigenvalue weighted by atomic mass is 9.70. The third-order valence-corrected chi connectivity index (χ3v) is 3.79. The van der Waals surface area contributed by atoms with Gasteiger partial charge in [-0.3, -0.25) is 0 Å². The number of carbonyl (C=O) groups excluding carboxylic acids is 1. The lowest BCUT2D eigenvalue weighted by Gasteiger charge is -2.38. The van der Waals surface area contributed by atoms with Gasteiger partial charge in [-0.25, -0.2) is 4.79 Å². The standard InChI is InChI=1S/C13H14ClNO/c1-9-6-11(14)7-12(10(9)2)13(15-8-16)4-3-5-13/h6-7H,3-5H2,1-2H3. The first kappa shape index (κ1) is 11.4. The molecule has 0 atom stereocenters. The maximum Gasteiger partial charge on any atom is 0.235 e. The molecule has 0 bridgehead atoms. The number of aliphatic imine (C=N–C) groups is 1. The maximum absolute atomic E-state index is 10.5. The van der Waals surface area contributed by atoms with Crippen LogP contribution in [0.5, 0.6) is 0 Å². The first-order valence-corrected chi connectivity index (χ1v) is 5.83. The summed E-state index contributed by atoms with van der Waals surface area (Å²) in [5.41, 5.74) is 3.08. The first-order valence-electron chi connectivity index (χ1n) is 5.45. The van der Waals surface area contributed by atoms with Gasteiger partial charge in [-0.2, -0.15) is 4.99 Å². The predicted molar refractivity (Wildman–Crippen MR) is 64.6 cm³/mol. The molecule has 1 aliphatic carbocycles. The van der Waals surface area contributed by atoms with E-state index < -0.39 is 0 Å². The second-order valence-corrected chi connectivity index (χ2v) is 4.92. The van der Waals surface area contributed by atoms with Crippen LogP contribution in [0, 0.1) is 13.8 Å². The minimum atomic E-state index is -0.346. The molecular formula is C13H14ClNO. The van der Waals surface area contributed by atoms with E-state index in [0.29, 0.717) is 5.02 Å². The highest BCUT2D eigenvalue weighted by atomic mass is 35.5. The monoisotopic (exact) mass is 235 g/mol. The summed E-state index contributed by atoms with van der Waals surface area (Å²) in [6.07, 6.45) is 4.65. The molecule has 0 spiro atoms. The summed E-state index contributed by atoms with van der Waals surface area (Å²) in [5, 5.41) is 0.713. The Morgan fingerprint density at radius 1 is 1.38 bits per heavy atom. The molecule has 3 heteroatoms. The van der Waals surface area contributed by atoms with Crippen LogP contribution in [0.25, 0.3) is 0 Å². The van der Waals surface area contributed by atoms with Gasteiger partial charge in [0.1, 0.15) is 0 Å². The number of halogens is 1. The van der Waals surface area contributed by atoms with E-state index in [1.807, 2.05) is 19.1 Å².